The summed E-state index contributed by atoms with van der Waals surface area (Å²) in [7, 11) is 0. The number of nitrogens with zero attached hydrogens (tertiary/aromatic N) is 2. The van der Waals surface area contributed by atoms with Crippen LogP contribution in [0.25, 0.3) is 11.1 Å². The molecule has 0 aliphatic heterocycles. The van der Waals surface area contributed by atoms with Crippen molar-refractivity contribution in [2.75, 3.05) is 5.32 Å². The van der Waals surface area contributed by atoms with Crippen molar-refractivity contribution in [3.63, 3.8) is 0 Å². The summed E-state index contributed by atoms with van der Waals surface area (Å²) in [5.74, 6) is -0.127. The Balaban J connectivity index is 1.68. The van der Waals surface area contributed by atoms with Crippen molar-refractivity contribution in [3.8, 4) is 11.1 Å². The van der Waals surface area contributed by atoms with Crippen molar-refractivity contribution in [2.45, 2.75) is 13.5 Å². The van der Waals surface area contributed by atoms with Crippen LogP contribution in [-0.2, 0) is 11.3 Å². The van der Waals surface area contributed by atoms with Gasteiger partial charge in [-0.2, -0.15) is 5.10 Å². The summed E-state index contributed by atoms with van der Waals surface area (Å²) in [6.45, 7) is 2.07. The molecule has 0 bridgehead atoms. The average Bonchev–Trinajstić information content (AvgIpc) is 2.99. The van der Waals surface area contributed by atoms with Crippen LogP contribution in [0, 0.1) is 6.92 Å². The molecule has 0 radical (unpaired) electrons. The van der Waals surface area contributed by atoms with E-state index in [1.165, 1.54) is 0 Å². The zero-order chi connectivity index (χ0) is 16.2. The minimum Gasteiger partial charge on any atom is -0.324 e. The van der Waals surface area contributed by atoms with Gasteiger partial charge in [-0.05, 0) is 36.2 Å². The van der Waals surface area contributed by atoms with Gasteiger partial charge in [0.05, 0.1) is 6.20 Å². The molecular formula is C18H16ClN3O. The first-order valence-corrected chi connectivity index (χ1v) is 7.63. The molecule has 0 spiro atoms. The van der Waals surface area contributed by atoms with Gasteiger partial charge in [0.25, 0.3) is 0 Å². The molecular weight excluding hydrogens is 310 g/mol. The molecule has 2 aromatic carbocycles. The van der Waals surface area contributed by atoms with E-state index < -0.39 is 0 Å². The van der Waals surface area contributed by atoms with Gasteiger partial charge in [0.1, 0.15) is 6.54 Å². The van der Waals surface area contributed by atoms with Crippen molar-refractivity contribution < 1.29 is 4.79 Å². The van der Waals surface area contributed by atoms with Crippen LogP contribution in [0.15, 0.2) is 60.9 Å². The van der Waals surface area contributed by atoms with E-state index in [9.17, 15) is 4.79 Å². The largest absolute Gasteiger partial charge is 0.324 e. The van der Waals surface area contributed by atoms with Gasteiger partial charge in [-0.1, -0.05) is 41.9 Å². The highest BCUT2D eigenvalue weighted by Gasteiger charge is 2.08. The van der Waals surface area contributed by atoms with E-state index in [2.05, 4.69) is 10.4 Å². The van der Waals surface area contributed by atoms with E-state index in [1.807, 2.05) is 49.5 Å². The monoisotopic (exact) mass is 325 g/mol. The van der Waals surface area contributed by atoms with Crippen LogP contribution < -0.4 is 5.32 Å². The number of carbonyl (C=O) groups is 1. The molecule has 5 heteroatoms. The van der Waals surface area contributed by atoms with Gasteiger partial charge < -0.3 is 5.32 Å². The van der Waals surface area contributed by atoms with Gasteiger partial charge in [0.2, 0.25) is 5.91 Å². The number of anilines is 1. The Hall–Kier alpha value is -2.59. The Labute approximate surface area is 139 Å². The van der Waals surface area contributed by atoms with E-state index >= 15 is 0 Å². The summed E-state index contributed by atoms with van der Waals surface area (Å²) in [6, 6.07) is 15.3. The lowest BCUT2D eigenvalue weighted by atomic mass is 10.1. The van der Waals surface area contributed by atoms with Gasteiger partial charge >= 0.3 is 0 Å². The van der Waals surface area contributed by atoms with E-state index in [1.54, 1.807) is 23.0 Å². The lowest BCUT2D eigenvalue weighted by molar-refractivity contribution is -0.116. The fourth-order valence-electron chi connectivity index (χ4n) is 2.33. The van der Waals surface area contributed by atoms with E-state index in [-0.39, 0.29) is 12.5 Å². The van der Waals surface area contributed by atoms with Crippen molar-refractivity contribution in [2.24, 2.45) is 0 Å². The maximum atomic E-state index is 12.2. The van der Waals surface area contributed by atoms with Gasteiger partial charge in [-0.3, -0.25) is 9.48 Å². The van der Waals surface area contributed by atoms with Crippen LogP contribution in [0.5, 0.6) is 0 Å². The summed E-state index contributed by atoms with van der Waals surface area (Å²) in [4.78, 5) is 12.2. The fourth-order valence-corrected chi connectivity index (χ4v) is 2.56. The second-order valence-electron chi connectivity index (χ2n) is 5.30. The number of amides is 1. The summed E-state index contributed by atoms with van der Waals surface area (Å²) in [5, 5.41) is 7.77. The topological polar surface area (TPSA) is 46.9 Å². The zero-order valence-corrected chi connectivity index (χ0v) is 13.4. The van der Waals surface area contributed by atoms with Crippen LogP contribution in [0.4, 0.5) is 5.69 Å². The van der Waals surface area contributed by atoms with Crippen molar-refractivity contribution in [3.05, 3.63) is 71.5 Å². The normalized spacial score (nSPS) is 10.5. The number of benzene rings is 2. The SMILES string of the molecule is Cc1cc(Cl)ccc1NC(=O)Cn1cc(-c2ccccc2)cn1. The molecule has 0 aliphatic carbocycles. The summed E-state index contributed by atoms with van der Waals surface area (Å²) in [6.07, 6.45) is 3.62. The van der Waals surface area contributed by atoms with Crippen LogP contribution >= 0.6 is 11.6 Å². The highest BCUT2D eigenvalue weighted by Crippen LogP contribution is 2.20. The minimum absolute atomic E-state index is 0.127. The van der Waals surface area contributed by atoms with Gasteiger partial charge in [-0.15, -0.1) is 0 Å². The Kier molecular flexibility index (Phi) is 4.44. The smallest absolute Gasteiger partial charge is 0.246 e. The molecule has 4 nitrogen and oxygen atoms in total. The molecule has 0 unspecified atom stereocenters. The van der Waals surface area contributed by atoms with E-state index in [0.717, 1.165) is 22.4 Å². The van der Waals surface area contributed by atoms with Crippen LogP contribution in [0.2, 0.25) is 5.02 Å². The number of hydrogen-bond acceptors (Lipinski definition) is 2. The average molecular weight is 326 g/mol. The maximum absolute atomic E-state index is 12.2. The molecule has 3 rings (SSSR count). The third-order valence-electron chi connectivity index (χ3n) is 3.51. The molecule has 116 valence electrons. The molecule has 0 saturated carbocycles. The summed E-state index contributed by atoms with van der Waals surface area (Å²) in [5.41, 5.74) is 3.75. The summed E-state index contributed by atoms with van der Waals surface area (Å²) < 4.78 is 1.63. The second-order valence-corrected chi connectivity index (χ2v) is 5.74. The van der Waals surface area contributed by atoms with Crippen molar-refractivity contribution >= 4 is 23.2 Å². The predicted octanol–water partition coefficient (Wildman–Crippen LogP) is 4.15. The highest BCUT2D eigenvalue weighted by atomic mass is 35.5. The number of hydrogen-bond donors (Lipinski definition) is 1. The number of rotatable bonds is 4. The van der Waals surface area contributed by atoms with Gasteiger partial charge in [0.15, 0.2) is 0 Å². The van der Waals surface area contributed by atoms with Crippen molar-refractivity contribution in [1.82, 2.24) is 9.78 Å². The minimum atomic E-state index is -0.127. The molecule has 23 heavy (non-hydrogen) atoms. The maximum Gasteiger partial charge on any atom is 0.246 e. The first kappa shape index (κ1) is 15.3. The standard InChI is InChI=1S/C18H16ClN3O/c1-13-9-16(19)7-8-17(13)21-18(23)12-22-11-15(10-20-22)14-5-3-2-4-6-14/h2-11H,12H2,1H3,(H,21,23). The second kappa shape index (κ2) is 6.67. The molecule has 0 fully saturated rings. The van der Waals surface area contributed by atoms with Gasteiger partial charge in [-0.25, -0.2) is 0 Å². The van der Waals surface area contributed by atoms with Crippen molar-refractivity contribution in [1.29, 1.82) is 0 Å². The third kappa shape index (κ3) is 3.79. The first-order valence-electron chi connectivity index (χ1n) is 7.26. The highest BCUT2D eigenvalue weighted by molar-refractivity contribution is 6.30. The first-order chi connectivity index (χ1) is 11.1. The fraction of sp³-hybridized carbons (Fsp3) is 0.111. The van der Waals surface area contributed by atoms with Crippen LogP contribution in [0.3, 0.4) is 0 Å². The molecule has 1 heterocycles. The third-order valence-corrected chi connectivity index (χ3v) is 3.74. The lowest BCUT2D eigenvalue weighted by Crippen LogP contribution is -2.19. The molecule has 0 saturated heterocycles. The number of carbonyl (C=O) groups excluding carboxylic acids is 1. The summed E-state index contributed by atoms with van der Waals surface area (Å²) >= 11 is 5.92. The van der Waals surface area contributed by atoms with E-state index in [0.29, 0.717) is 5.02 Å². The lowest BCUT2D eigenvalue weighted by Gasteiger charge is -2.08. The number of aryl methyl sites for hydroxylation is 1. The van der Waals surface area contributed by atoms with E-state index in [4.69, 9.17) is 11.6 Å². The Morgan fingerprint density at radius 2 is 1.96 bits per heavy atom. The Morgan fingerprint density at radius 3 is 2.70 bits per heavy atom. The quantitative estimate of drug-likeness (QED) is 0.783. The molecule has 0 aliphatic rings. The zero-order valence-electron chi connectivity index (χ0n) is 12.7. The number of nitrogens with one attached hydrogen (secondary N) is 1. The molecule has 1 amide bonds. The van der Waals surface area contributed by atoms with Crippen LogP contribution in [0.1, 0.15) is 5.56 Å². The van der Waals surface area contributed by atoms with Gasteiger partial charge in [0, 0.05) is 22.5 Å². The predicted molar refractivity (Wildman–Crippen MR) is 92.5 cm³/mol. The van der Waals surface area contributed by atoms with Crippen LogP contribution in [-0.4, -0.2) is 15.7 Å². The number of halogens is 1. The Morgan fingerprint density at radius 1 is 1.17 bits per heavy atom. The molecule has 3 aromatic rings. The molecule has 0 atom stereocenters. The number of aromatic nitrogens is 2. The molecule has 1 aromatic heterocycles. The molecule has 1 N–H and O–H groups in total. The Bertz CT molecular complexity index is 827.